The highest BCUT2D eigenvalue weighted by molar-refractivity contribution is 4.64. The summed E-state index contributed by atoms with van der Waals surface area (Å²) in [7, 11) is 1.96. The summed E-state index contributed by atoms with van der Waals surface area (Å²) in [6.45, 7) is 1.56. The Morgan fingerprint density at radius 2 is 2.57 bits per heavy atom. The first-order chi connectivity index (χ1) is 3.29. The zero-order chi connectivity index (χ0) is 5.28. The molecule has 0 radical (unpaired) electrons. The van der Waals surface area contributed by atoms with E-state index < -0.39 is 0 Å². The number of hydrogen-bond donors (Lipinski definition) is 2. The van der Waals surface area contributed by atoms with Gasteiger partial charge in [0.2, 0.25) is 0 Å². The highest BCUT2D eigenvalue weighted by Crippen LogP contribution is 1.90. The first-order valence-electron chi connectivity index (χ1n) is 2.39. The van der Waals surface area contributed by atoms with E-state index in [4.69, 9.17) is 5.11 Å². The normalized spacial score (nSPS) is 34.3. The van der Waals surface area contributed by atoms with Crippen molar-refractivity contribution in [2.24, 2.45) is 0 Å². The van der Waals surface area contributed by atoms with Crippen LogP contribution in [0.25, 0.3) is 0 Å². The van der Waals surface area contributed by atoms with Crippen molar-refractivity contribution in [1.82, 2.24) is 10.2 Å². The van der Waals surface area contributed by atoms with E-state index in [-0.39, 0.29) is 6.23 Å². The fourth-order valence-electron chi connectivity index (χ4n) is 0.686. The summed E-state index contributed by atoms with van der Waals surface area (Å²) in [4.78, 5) is 2.02. The minimum Gasteiger partial charge on any atom is -0.377 e. The van der Waals surface area contributed by atoms with Gasteiger partial charge in [-0.05, 0) is 7.05 Å². The summed E-state index contributed by atoms with van der Waals surface area (Å²) in [5.41, 5.74) is 0. The highest BCUT2D eigenvalue weighted by Gasteiger charge is 2.13. The molecule has 3 heteroatoms. The van der Waals surface area contributed by atoms with Crippen LogP contribution in [0.3, 0.4) is 0 Å². The molecule has 1 aliphatic heterocycles. The highest BCUT2D eigenvalue weighted by atomic mass is 16.3. The molecule has 0 aromatic rings. The maximum Gasteiger partial charge on any atom is 0.118 e. The average molecular weight is 102 g/mol. The predicted molar refractivity (Wildman–Crippen MR) is 26.6 cm³/mol. The molecule has 0 amide bonds. The molecular weight excluding hydrogens is 92.1 g/mol. The summed E-state index contributed by atoms with van der Waals surface area (Å²) in [6, 6.07) is 0. The lowest BCUT2D eigenvalue weighted by Gasteiger charge is -2.00. The van der Waals surface area contributed by atoms with Crippen LogP contribution in [0.1, 0.15) is 0 Å². The fraction of sp³-hybridized carbons (Fsp3) is 1.00. The second-order valence-corrected chi connectivity index (χ2v) is 1.92. The molecule has 2 N–H and O–H groups in total. The monoisotopic (exact) mass is 102 g/mol. The standard InChI is InChI=1S/C4H10N2O/c1-6-2-4(7)5-3-6/h4-5,7H,2-3H2,1H3. The third-order valence-corrected chi connectivity index (χ3v) is 1.08. The topological polar surface area (TPSA) is 35.5 Å². The van der Waals surface area contributed by atoms with E-state index in [9.17, 15) is 0 Å². The molecule has 3 nitrogen and oxygen atoms in total. The van der Waals surface area contributed by atoms with Crippen LogP contribution in [-0.2, 0) is 0 Å². The lowest BCUT2D eigenvalue weighted by atomic mass is 10.6. The third-order valence-electron chi connectivity index (χ3n) is 1.08. The van der Waals surface area contributed by atoms with Gasteiger partial charge in [0.15, 0.2) is 0 Å². The van der Waals surface area contributed by atoms with Crippen LogP contribution in [-0.4, -0.2) is 36.5 Å². The molecule has 0 aromatic heterocycles. The fourth-order valence-corrected chi connectivity index (χ4v) is 0.686. The van der Waals surface area contributed by atoms with Gasteiger partial charge in [-0.25, -0.2) is 0 Å². The van der Waals surface area contributed by atoms with Crippen molar-refractivity contribution in [1.29, 1.82) is 0 Å². The van der Waals surface area contributed by atoms with E-state index in [0.717, 1.165) is 13.2 Å². The van der Waals surface area contributed by atoms with Crippen LogP contribution in [0.2, 0.25) is 0 Å². The number of hydrogen-bond acceptors (Lipinski definition) is 3. The van der Waals surface area contributed by atoms with Crippen molar-refractivity contribution in [3.63, 3.8) is 0 Å². The van der Waals surface area contributed by atoms with Crippen molar-refractivity contribution in [2.75, 3.05) is 20.3 Å². The zero-order valence-electron chi connectivity index (χ0n) is 4.39. The van der Waals surface area contributed by atoms with E-state index in [0.29, 0.717) is 0 Å². The Morgan fingerprint density at radius 1 is 1.86 bits per heavy atom. The van der Waals surface area contributed by atoms with Gasteiger partial charge in [-0.15, -0.1) is 0 Å². The molecule has 0 bridgehead atoms. The second-order valence-electron chi connectivity index (χ2n) is 1.92. The van der Waals surface area contributed by atoms with E-state index in [1.807, 2.05) is 11.9 Å². The summed E-state index contributed by atoms with van der Waals surface area (Å²) in [5, 5.41) is 11.6. The van der Waals surface area contributed by atoms with Crippen LogP contribution < -0.4 is 5.32 Å². The maximum atomic E-state index is 8.75. The lowest BCUT2D eigenvalue weighted by Crippen LogP contribution is -2.21. The number of rotatable bonds is 0. The van der Waals surface area contributed by atoms with Crippen molar-refractivity contribution in [2.45, 2.75) is 6.23 Å². The molecular formula is C4H10N2O. The van der Waals surface area contributed by atoms with Crippen molar-refractivity contribution < 1.29 is 5.11 Å². The van der Waals surface area contributed by atoms with E-state index in [1.165, 1.54) is 0 Å². The molecule has 42 valence electrons. The minimum atomic E-state index is -0.301. The van der Waals surface area contributed by atoms with E-state index >= 15 is 0 Å². The van der Waals surface area contributed by atoms with Crippen molar-refractivity contribution >= 4 is 0 Å². The smallest absolute Gasteiger partial charge is 0.118 e. The molecule has 1 unspecified atom stereocenters. The Morgan fingerprint density at radius 3 is 2.71 bits per heavy atom. The molecule has 0 spiro atoms. The summed E-state index contributed by atoms with van der Waals surface area (Å²) in [5.74, 6) is 0. The van der Waals surface area contributed by atoms with Gasteiger partial charge in [-0.2, -0.15) is 0 Å². The van der Waals surface area contributed by atoms with Gasteiger partial charge < -0.3 is 5.11 Å². The van der Waals surface area contributed by atoms with Crippen LogP contribution in [0, 0.1) is 0 Å². The number of β-amino-alcohol motifs (C(OH)–C–C–N with tert-alkyl or cyclic N) is 1. The van der Waals surface area contributed by atoms with Gasteiger partial charge in [0.1, 0.15) is 6.23 Å². The molecule has 0 aromatic carbocycles. The molecule has 1 rings (SSSR count). The number of aliphatic hydroxyl groups is 1. The molecule has 0 aliphatic carbocycles. The SMILES string of the molecule is CN1CNC(O)C1. The Balaban J connectivity index is 2.26. The first kappa shape index (κ1) is 5.03. The van der Waals surface area contributed by atoms with E-state index in [1.54, 1.807) is 0 Å². The molecule has 1 aliphatic rings. The van der Waals surface area contributed by atoms with Gasteiger partial charge in [0.25, 0.3) is 0 Å². The molecule has 7 heavy (non-hydrogen) atoms. The summed E-state index contributed by atoms with van der Waals surface area (Å²) in [6.07, 6.45) is -0.301. The Labute approximate surface area is 42.9 Å². The number of aliphatic hydroxyl groups excluding tert-OH is 1. The Bertz CT molecular complexity index is 58.7. The van der Waals surface area contributed by atoms with Crippen LogP contribution in [0.15, 0.2) is 0 Å². The molecule has 1 heterocycles. The van der Waals surface area contributed by atoms with E-state index in [2.05, 4.69) is 5.32 Å². The van der Waals surface area contributed by atoms with Gasteiger partial charge in [-0.1, -0.05) is 0 Å². The Hall–Kier alpha value is -0.120. The maximum absolute atomic E-state index is 8.75. The predicted octanol–water partition coefficient (Wildman–Crippen LogP) is -1.20. The number of nitrogens with one attached hydrogen (secondary N) is 1. The summed E-state index contributed by atoms with van der Waals surface area (Å²) >= 11 is 0. The number of likely N-dealkylation sites (N-methyl/N-ethyl adjacent to an activating group) is 1. The third kappa shape index (κ3) is 1.12. The largest absolute Gasteiger partial charge is 0.377 e. The van der Waals surface area contributed by atoms with Gasteiger partial charge >= 0.3 is 0 Å². The average Bonchev–Trinajstić information content (AvgIpc) is 1.87. The number of nitrogens with zero attached hydrogens (tertiary/aromatic N) is 1. The Kier molecular flexibility index (Phi) is 1.27. The second kappa shape index (κ2) is 1.78. The van der Waals surface area contributed by atoms with Crippen molar-refractivity contribution in [3.8, 4) is 0 Å². The zero-order valence-corrected chi connectivity index (χ0v) is 4.39. The summed E-state index contributed by atoms with van der Waals surface area (Å²) < 4.78 is 0. The van der Waals surface area contributed by atoms with Crippen LogP contribution in [0.5, 0.6) is 0 Å². The van der Waals surface area contributed by atoms with Gasteiger partial charge in [-0.3, -0.25) is 10.2 Å². The first-order valence-corrected chi connectivity index (χ1v) is 2.39. The minimum absolute atomic E-state index is 0.301. The molecule has 1 fully saturated rings. The quantitative estimate of drug-likeness (QED) is 0.403. The molecule has 1 saturated heterocycles. The lowest BCUT2D eigenvalue weighted by molar-refractivity contribution is 0.164. The van der Waals surface area contributed by atoms with Gasteiger partial charge in [0.05, 0.1) is 6.67 Å². The molecule has 0 saturated carbocycles. The van der Waals surface area contributed by atoms with Gasteiger partial charge in [0, 0.05) is 6.54 Å². The molecule has 1 atom stereocenters. The van der Waals surface area contributed by atoms with Crippen LogP contribution >= 0.6 is 0 Å². The van der Waals surface area contributed by atoms with Crippen molar-refractivity contribution in [3.05, 3.63) is 0 Å². The van der Waals surface area contributed by atoms with Crippen LogP contribution in [0.4, 0.5) is 0 Å².